The Morgan fingerprint density at radius 3 is 2.43 bits per heavy atom. The van der Waals surface area contributed by atoms with Gasteiger partial charge in [0.15, 0.2) is 0 Å². The molecule has 1 rings (SSSR count). The van der Waals surface area contributed by atoms with Crippen LogP contribution in [0.25, 0.3) is 0 Å². The van der Waals surface area contributed by atoms with Gasteiger partial charge in [-0.3, -0.25) is 0 Å². The Kier molecular flexibility index (Phi) is 4.52. The van der Waals surface area contributed by atoms with Crippen molar-refractivity contribution in [2.45, 2.75) is 25.5 Å². The Balaban J connectivity index is 3.29. The fraction of sp³-hybridized carbons (Fsp3) is 0.400. The maximum absolute atomic E-state index is 12.2. The van der Waals surface area contributed by atoms with Gasteiger partial charge in [0, 0.05) is 6.07 Å². The van der Waals surface area contributed by atoms with Crippen molar-refractivity contribution in [3.63, 3.8) is 0 Å². The number of alkyl halides is 3. The van der Waals surface area contributed by atoms with Gasteiger partial charge in [-0.05, 0) is 13.8 Å². The van der Waals surface area contributed by atoms with Crippen LogP contribution < -0.4 is 14.7 Å². The number of ether oxygens (including phenoxy) is 1. The molecular weight excluding hydrogens is 315 g/mol. The highest BCUT2D eigenvalue weighted by atomic mass is 32.2. The molecule has 0 radical (unpaired) electrons. The van der Waals surface area contributed by atoms with Gasteiger partial charge in [-0.2, -0.15) is 31.8 Å². The largest absolute Gasteiger partial charge is 0.534 e. The van der Waals surface area contributed by atoms with E-state index in [1.54, 1.807) is 19.9 Å². The highest BCUT2D eigenvalue weighted by Gasteiger charge is 2.49. The molecule has 0 aliphatic carbocycles. The number of nitrogens with zero attached hydrogens (tertiary/aromatic N) is 2. The van der Waals surface area contributed by atoms with Crippen LogP contribution in [-0.4, -0.2) is 25.0 Å². The van der Waals surface area contributed by atoms with Crippen LogP contribution in [-0.2, 0) is 10.1 Å². The topological polar surface area (TPSA) is 115 Å². The first-order valence-electron chi connectivity index (χ1n) is 5.36. The maximum atomic E-state index is 12.2. The van der Waals surface area contributed by atoms with E-state index in [-0.39, 0.29) is 11.3 Å². The van der Waals surface area contributed by atoms with E-state index in [2.05, 4.69) is 9.17 Å². The SMILES string of the molecule is CC(C)Oc1nc(OS(=O)(=O)C(F)(F)F)cc(N)c1C#N. The minimum Gasteiger partial charge on any atom is -0.474 e. The molecule has 1 aromatic rings. The predicted octanol–water partition coefficient (Wildman–Crippen LogP) is 1.55. The summed E-state index contributed by atoms with van der Waals surface area (Å²) in [6.07, 6.45) is -0.474. The van der Waals surface area contributed by atoms with Gasteiger partial charge in [-0.1, -0.05) is 0 Å². The first-order chi connectivity index (χ1) is 9.48. The van der Waals surface area contributed by atoms with E-state index in [0.717, 1.165) is 0 Å². The molecular formula is C10H10F3N3O4S. The standard InChI is InChI=1S/C10H10F3N3O4S/c1-5(2)19-9-6(4-14)7(15)3-8(16-9)20-21(17,18)10(11,12)13/h3,5H,1-2H3,(H2,15,16). The number of pyridine rings is 1. The molecule has 116 valence electrons. The molecule has 0 aliphatic heterocycles. The second-order valence-corrected chi connectivity index (χ2v) is 5.53. The number of nitriles is 1. The van der Waals surface area contributed by atoms with E-state index in [1.165, 1.54) is 0 Å². The minimum atomic E-state index is -5.89. The summed E-state index contributed by atoms with van der Waals surface area (Å²) in [5.74, 6) is -1.36. The first-order valence-corrected chi connectivity index (χ1v) is 6.76. The van der Waals surface area contributed by atoms with Crippen LogP contribution in [0.3, 0.4) is 0 Å². The molecule has 0 aromatic carbocycles. The van der Waals surface area contributed by atoms with Crippen molar-refractivity contribution in [2.75, 3.05) is 5.73 Å². The van der Waals surface area contributed by atoms with Crippen molar-refractivity contribution in [1.29, 1.82) is 5.26 Å². The Morgan fingerprint density at radius 1 is 1.43 bits per heavy atom. The van der Waals surface area contributed by atoms with Crippen molar-refractivity contribution < 1.29 is 30.5 Å². The number of rotatable bonds is 4. The van der Waals surface area contributed by atoms with Crippen LogP contribution in [0.5, 0.6) is 11.8 Å². The normalized spacial score (nSPS) is 12.0. The molecule has 0 aliphatic rings. The summed E-state index contributed by atoms with van der Waals surface area (Å²) in [5, 5.41) is 8.88. The van der Waals surface area contributed by atoms with Crippen LogP contribution in [0.1, 0.15) is 19.4 Å². The molecule has 0 fully saturated rings. The molecule has 0 saturated heterocycles. The number of anilines is 1. The van der Waals surface area contributed by atoms with Gasteiger partial charge in [-0.25, -0.2) is 0 Å². The summed E-state index contributed by atoms with van der Waals surface area (Å²) < 4.78 is 67.4. The van der Waals surface area contributed by atoms with Gasteiger partial charge in [-0.15, -0.1) is 0 Å². The Hall–Kier alpha value is -2.22. The van der Waals surface area contributed by atoms with Crippen molar-refractivity contribution in [1.82, 2.24) is 4.98 Å². The number of halogens is 3. The van der Waals surface area contributed by atoms with E-state index in [4.69, 9.17) is 15.7 Å². The minimum absolute atomic E-state index is 0.236. The van der Waals surface area contributed by atoms with E-state index in [9.17, 15) is 21.6 Å². The van der Waals surface area contributed by atoms with Crippen LogP contribution in [0.4, 0.5) is 18.9 Å². The van der Waals surface area contributed by atoms with E-state index >= 15 is 0 Å². The van der Waals surface area contributed by atoms with Gasteiger partial charge < -0.3 is 14.7 Å². The van der Waals surface area contributed by atoms with Crippen LogP contribution >= 0.6 is 0 Å². The van der Waals surface area contributed by atoms with Crippen molar-refractivity contribution in [3.8, 4) is 17.8 Å². The van der Waals surface area contributed by atoms with E-state index in [0.29, 0.717) is 6.07 Å². The third-order valence-corrected chi connectivity index (χ3v) is 2.89. The predicted molar refractivity (Wildman–Crippen MR) is 64.7 cm³/mol. The molecule has 7 nitrogen and oxygen atoms in total. The molecule has 0 spiro atoms. The number of hydrogen-bond acceptors (Lipinski definition) is 7. The Labute approximate surface area is 118 Å². The Morgan fingerprint density at radius 2 is 2.00 bits per heavy atom. The molecule has 1 aromatic heterocycles. The highest BCUT2D eigenvalue weighted by molar-refractivity contribution is 7.87. The number of nitrogen functional groups attached to an aromatic ring is 1. The van der Waals surface area contributed by atoms with E-state index < -0.39 is 33.5 Å². The lowest BCUT2D eigenvalue weighted by Gasteiger charge is -2.14. The van der Waals surface area contributed by atoms with Crippen molar-refractivity contribution in [2.24, 2.45) is 0 Å². The van der Waals surface area contributed by atoms with Gasteiger partial charge >= 0.3 is 15.6 Å². The third kappa shape index (κ3) is 3.88. The lowest BCUT2D eigenvalue weighted by Crippen LogP contribution is -2.28. The summed E-state index contributed by atoms with van der Waals surface area (Å²) in [6, 6.07) is 2.34. The van der Waals surface area contributed by atoms with Crippen LogP contribution in [0, 0.1) is 11.3 Å². The first kappa shape index (κ1) is 16.8. The second kappa shape index (κ2) is 5.65. The maximum Gasteiger partial charge on any atom is 0.534 e. The van der Waals surface area contributed by atoms with Crippen molar-refractivity contribution in [3.05, 3.63) is 11.6 Å². The fourth-order valence-electron chi connectivity index (χ4n) is 1.14. The Bertz CT molecular complexity index is 680. The van der Waals surface area contributed by atoms with Gasteiger partial charge in [0.05, 0.1) is 11.8 Å². The highest BCUT2D eigenvalue weighted by Crippen LogP contribution is 2.31. The van der Waals surface area contributed by atoms with Gasteiger partial charge in [0.2, 0.25) is 11.8 Å². The quantitative estimate of drug-likeness (QED) is 0.659. The van der Waals surface area contributed by atoms with Gasteiger partial charge in [0.25, 0.3) is 0 Å². The summed E-state index contributed by atoms with van der Waals surface area (Å²) in [7, 11) is -5.89. The fourth-order valence-corrected chi connectivity index (χ4v) is 1.54. The lowest BCUT2D eigenvalue weighted by atomic mass is 10.2. The number of nitrogens with two attached hydrogens (primary N) is 1. The number of hydrogen-bond donors (Lipinski definition) is 1. The molecule has 0 amide bonds. The number of aromatic nitrogens is 1. The average Bonchev–Trinajstić information content (AvgIpc) is 2.25. The lowest BCUT2D eigenvalue weighted by molar-refractivity contribution is -0.0501. The van der Waals surface area contributed by atoms with Gasteiger partial charge in [0.1, 0.15) is 11.6 Å². The average molecular weight is 325 g/mol. The van der Waals surface area contributed by atoms with E-state index in [1.807, 2.05) is 0 Å². The van der Waals surface area contributed by atoms with Crippen molar-refractivity contribution >= 4 is 15.8 Å². The molecule has 0 unspecified atom stereocenters. The zero-order valence-electron chi connectivity index (χ0n) is 10.8. The monoisotopic (exact) mass is 325 g/mol. The van der Waals surface area contributed by atoms with Crippen LogP contribution in [0.2, 0.25) is 0 Å². The summed E-state index contributed by atoms with van der Waals surface area (Å²) in [4.78, 5) is 3.42. The molecule has 1 heterocycles. The molecule has 0 atom stereocenters. The molecule has 0 bridgehead atoms. The smallest absolute Gasteiger partial charge is 0.474 e. The molecule has 11 heteroatoms. The summed E-state index contributed by atoms with van der Waals surface area (Å²) in [6.45, 7) is 3.14. The molecule has 2 N–H and O–H groups in total. The van der Waals surface area contributed by atoms with Crippen LogP contribution in [0.15, 0.2) is 6.07 Å². The summed E-state index contributed by atoms with van der Waals surface area (Å²) >= 11 is 0. The molecule has 21 heavy (non-hydrogen) atoms. The third-order valence-electron chi connectivity index (χ3n) is 1.93. The summed E-state index contributed by atoms with van der Waals surface area (Å²) in [5.41, 5.74) is -0.736. The molecule has 0 saturated carbocycles. The zero-order chi connectivity index (χ0) is 16.4. The zero-order valence-corrected chi connectivity index (χ0v) is 11.6. The second-order valence-electron chi connectivity index (χ2n) is 3.99.